The van der Waals surface area contributed by atoms with E-state index in [4.69, 9.17) is 9.84 Å². The lowest BCUT2D eigenvalue weighted by atomic mass is 9.98. The number of non-ortho nitro benzene ring substituents is 1. The van der Waals surface area contributed by atoms with Crippen molar-refractivity contribution in [3.63, 3.8) is 0 Å². The van der Waals surface area contributed by atoms with Gasteiger partial charge in [-0.15, -0.1) is 0 Å². The van der Waals surface area contributed by atoms with E-state index in [9.17, 15) is 14.9 Å². The van der Waals surface area contributed by atoms with Crippen molar-refractivity contribution in [2.75, 3.05) is 7.11 Å². The van der Waals surface area contributed by atoms with E-state index in [0.29, 0.717) is 17.2 Å². The first kappa shape index (κ1) is 22.5. The number of nitrogens with zero attached hydrogens (tertiary/aromatic N) is 4. The Hall–Kier alpha value is -4.24. The SMILES string of the molecule is COc1ccc([C@@H]2CC(c3ccccc3)=NN2C2=NC(=O)S/C2=C\c2ccc([N+](=O)[O-])cc2)cc1. The van der Waals surface area contributed by atoms with Crippen LogP contribution in [0.15, 0.2) is 93.9 Å². The van der Waals surface area contributed by atoms with Gasteiger partial charge >= 0.3 is 5.24 Å². The third kappa shape index (κ3) is 4.71. The van der Waals surface area contributed by atoms with Crippen molar-refractivity contribution in [1.29, 1.82) is 0 Å². The van der Waals surface area contributed by atoms with Gasteiger partial charge in [-0.3, -0.25) is 14.9 Å². The minimum Gasteiger partial charge on any atom is -0.497 e. The van der Waals surface area contributed by atoms with Crippen molar-refractivity contribution in [3.05, 3.63) is 111 Å². The quantitative estimate of drug-likeness (QED) is 0.322. The molecule has 0 spiro atoms. The van der Waals surface area contributed by atoms with Gasteiger partial charge in [0.1, 0.15) is 5.75 Å². The number of rotatable bonds is 5. The fourth-order valence-electron chi connectivity index (χ4n) is 4.00. The van der Waals surface area contributed by atoms with Crippen LogP contribution in [0.5, 0.6) is 5.75 Å². The molecule has 35 heavy (non-hydrogen) atoms. The van der Waals surface area contributed by atoms with Gasteiger partial charge in [0.05, 0.1) is 28.7 Å². The van der Waals surface area contributed by atoms with Gasteiger partial charge in [0.25, 0.3) is 5.69 Å². The van der Waals surface area contributed by atoms with Crippen molar-refractivity contribution in [2.24, 2.45) is 10.1 Å². The Labute approximate surface area is 205 Å². The molecule has 0 aromatic heterocycles. The average Bonchev–Trinajstić information content (AvgIpc) is 3.48. The summed E-state index contributed by atoms with van der Waals surface area (Å²) >= 11 is 1.02. The summed E-state index contributed by atoms with van der Waals surface area (Å²) in [5.41, 5.74) is 3.66. The summed E-state index contributed by atoms with van der Waals surface area (Å²) in [4.78, 5) is 27.8. The molecule has 5 rings (SSSR count). The molecule has 0 saturated heterocycles. The summed E-state index contributed by atoms with van der Waals surface area (Å²) < 4.78 is 5.30. The minimum absolute atomic E-state index is 0.00686. The molecule has 0 N–H and O–H groups in total. The van der Waals surface area contributed by atoms with Crippen LogP contribution in [-0.4, -0.2) is 33.8 Å². The minimum atomic E-state index is -0.443. The number of amides is 1. The summed E-state index contributed by atoms with van der Waals surface area (Å²) in [6.07, 6.45) is 2.44. The van der Waals surface area contributed by atoms with E-state index in [0.717, 1.165) is 39.9 Å². The second-order valence-electron chi connectivity index (χ2n) is 7.91. The van der Waals surface area contributed by atoms with E-state index < -0.39 is 4.92 Å². The van der Waals surface area contributed by atoms with Crippen LogP contribution >= 0.6 is 11.8 Å². The van der Waals surface area contributed by atoms with Crippen molar-refractivity contribution in [2.45, 2.75) is 12.5 Å². The molecule has 3 aromatic rings. The summed E-state index contributed by atoms with van der Waals surface area (Å²) in [6.45, 7) is 0. The molecule has 1 atom stereocenters. The molecule has 0 radical (unpaired) electrons. The average molecular weight is 485 g/mol. The molecule has 0 bridgehead atoms. The molecule has 1 amide bonds. The second kappa shape index (κ2) is 9.55. The van der Waals surface area contributed by atoms with Gasteiger partial charge in [0.15, 0.2) is 5.84 Å². The molecule has 0 fully saturated rings. The third-order valence-electron chi connectivity index (χ3n) is 5.75. The number of benzene rings is 3. The van der Waals surface area contributed by atoms with Gasteiger partial charge in [-0.2, -0.15) is 10.1 Å². The largest absolute Gasteiger partial charge is 0.497 e. The Balaban J connectivity index is 1.53. The number of carbonyl (C=O) groups excluding carboxylic acids is 1. The number of hydrogen-bond acceptors (Lipinski definition) is 7. The number of carbonyl (C=O) groups is 1. The highest BCUT2D eigenvalue weighted by Gasteiger charge is 2.36. The van der Waals surface area contributed by atoms with Crippen LogP contribution in [0.4, 0.5) is 10.5 Å². The van der Waals surface area contributed by atoms with E-state index in [1.807, 2.05) is 54.6 Å². The normalized spacial score (nSPS) is 18.5. The smallest absolute Gasteiger partial charge is 0.311 e. The molecule has 2 aliphatic rings. The van der Waals surface area contributed by atoms with E-state index in [1.54, 1.807) is 30.3 Å². The van der Waals surface area contributed by atoms with Crippen LogP contribution in [-0.2, 0) is 0 Å². The number of aliphatic imine (C=N–C) groups is 1. The lowest BCUT2D eigenvalue weighted by molar-refractivity contribution is -0.384. The van der Waals surface area contributed by atoms with Crippen LogP contribution in [0.2, 0.25) is 0 Å². The van der Waals surface area contributed by atoms with Gasteiger partial charge in [0.2, 0.25) is 0 Å². The van der Waals surface area contributed by atoms with Gasteiger partial charge < -0.3 is 4.74 Å². The molecular formula is C26H20N4O4S. The van der Waals surface area contributed by atoms with Crippen molar-refractivity contribution < 1.29 is 14.5 Å². The Bertz CT molecular complexity index is 1370. The molecular weight excluding hydrogens is 464 g/mol. The molecule has 9 heteroatoms. The Morgan fingerprint density at radius 2 is 1.77 bits per heavy atom. The molecule has 3 aromatic carbocycles. The Morgan fingerprint density at radius 3 is 2.43 bits per heavy atom. The van der Waals surface area contributed by atoms with Gasteiger partial charge in [-0.05, 0) is 58.8 Å². The number of nitro groups is 1. The van der Waals surface area contributed by atoms with Crippen LogP contribution in [0.1, 0.15) is 29.2 Å². The number of thioether (sulfide) groups is 1. The fraction of sp³-hybridized carbons (Fsp3) is 0.115. The number of hydrazone groups is 1. The number of nitro benzene ring substituents is 1. The first-order chi connectivity index (χ1) is 17.0. The van der Waals surface area contributed by atoms with Crippen LogP contribution in [0.3, 0.4) is 0 Å². The summed E-state index contributed by atoms with van der Waals surface area (Å²) in [5, 5.41) is 17.4. The highest BCUT2D eigenvalue weighted by atomic mass is 32.2. The Kier molecular flexibility index (Phi) is 6.15. The topological polar surface area (TPSA) is 97.4 Å². The van der Waals surface area contributed by atoms with Crippen LogP contribution in [0.25, 0.3) is 6.08 Å². The molecule has 0 aliphatic carbocycles. The number of methoxy groups -OCH3 is 1. The number of hydrogen-bond donors (Lipinski definition) is 0. The van der Waals surface area contributed by atoms with E-state index in [1.165, 1.54) is 12.1 Å². The maximum Gasteiger partial charge on any atom is 0.311 e. The van der Waals surface area contributed by atoms with Crippen molar-refractivity contribution in [1.82, 2.24) is 5.01 Å². The fourth-order valence-corrected chi connectivity index (χ4v) is 4.75. The maximum atomic E-state index is 12.4. The predicted octanol–water partition coefficient (Wildman–Crippen LogP) is 6.06. The zero-order valence-electron chi connectivity index (χ0n) is 18.7. The molecule has 0 unspecified atom stereocenters. The van der Waals surface area contributed by atoms with E-state index >= 15 is 0 Å². The van der Waals surface area contributed by atoms with Gasteiger partial charge in [0, 0.05) is 18.6 Å². The van der Waals surface area contributed by atoms with Crippen LogP contribution < -0.4 is 4.74 Å². The number of amidine groups is 1. The standard InChI is InChI=1S/C26H20N4O4S/c1-34-21-13-9-19(10-14-21)23-16-22(18-5-3-2-4-6-18)28-29(23)25-24(35-26(31)27-25)15-17-7-11-20(12-8-17)30(32)33/h2-15,23H,16H2,1H3/b24-15-/t23-/m0/s1. The summed E-state index contributed by atoms with van der Waals surface area (Å²) in [6, 6.07) is 23.7. The highest BCUT2D eigenvalue weighted by molar-refractivity contribution is 8.18. The zero-order chi connectivity index (χ0) is 24.4. The van der Waals surface area contributed by atoms with Gasteiger partial charge in [-0.1, -0.05) is 42.5 Å². The summed E-state index contributed by atoms with van der Waals surface area (Å²) in [7, 11) is 1.62. The molecule has 0 saturated carbocycles. The van der Waals surface area contributed by atoms with E-state index in [2.05, 4.69) is 4.99 Å². The first-order valence-electron chi connectivity index (χ1n) is 10.8. The summed E-state index contributed by atoms with van der Waals surface area (Å²) in [5.74, 6) is 1.22. The first-order valence-corrected chi connectivity index (χ1v) is 11.7. The van der Waals surface area contributed by atoms with Crippen LogP contribution in [0, 0.1) is 10.1 Å². The molecule has 2 heterocycles. The van der Waals surface area contributed by atoms with Gasteiger partial charge in [-0.25, -0.2) is 5.01 Å². The predicted molar refractivity (Wildman–Crippen MR) is 137 cm³/mol. The molecule has 2 aliphatic heterocycles. The maximum absolute atomic E-state index is 12.4. The lowest BCUT2D eigenvalue weighted by Gasteiger charge is -2.24. The lowest BCUT2D eigenvalue weighted by Crippen LogP contribution is -2.26. The van der Waals surface area contributed by atoms with E-state index in [-0.39, 0.29) is 17.0 Å². The van der Waals surface area contributed by atoms with Crippen molar-refractivity contribution in [3.8, 4) is 5.75 Å². The Morgan fingerprint density at radius 1 is 1.06 bits per heavy atom. The monoisotopic (exact) mass is 484 g/mol. The number of ether oxygens (including phenoxy) is 1. The third-order valence-corrected chi connectivity index (χ3v) is 6.54. The zero-order valence-corrected chi connectivity index (χ0v) is 19.5. The molecule has 8 nitrogen and oxygen atoms in total. The highest BCUT2D eigenvalue weighted by Crippen LogP contribution is 2.40. The van der Waals surface area contributed by atoms with Crippen molar-refractivity contribution >= 4 is 40.3 Å². The molecule has 174 valence electrons. The second-order valence-corrected chi connectivity index (χ2v) is 8.90.